The Morgan fingerprint density at radius 1 is 0.947 bits per heavy atom. The molecular formula is C14H20O5. The second-order valence-corrected chi connectivity index (χ2v) is 5.02. The fraction of sp³-hybridized carbons (Fsp3) is 0.500. The van der Waals surface area contributed by atoms with Gasteiger partial charge in [0.2, 0.25) is 0 Å². The van der Waals surface area contributed by atoms with Gasteiger partial charge in [-0.15, -0.1) is 0 Å². The van der Waals surface area contributed by atoms with Gasteiger partial charge in [-0.3, -0.25) is 9.59 Å². The second kappa shape index (κ2) is 6.87. The van der Waals surface area contributed by atoms with Gasteiger partial charge in [-0.25, -0.2) is 4.79 Å². The highest BCUT2D eigenvalue weighted by Gasteiger charge is 2.42. The molecule has 0 heterocycles. The number of ether oxygens (including phenoxy) is 2. The number of hydrogen-bond donors (Lipinski definition) is 0. The molecule has 5 nitrogen and oxygen atoms in total. The molecule has 0 aromatic heterocycles. The third-order valence-electron chi connectivity index (χ3n) is 2.16. The molecule has 0 aliphatic heterocycles. The summed E-state index contributed by atoms with van der Waals surface area (Å²) in [5.41, 5.74) is -0.341. The molecule has 0 saturated carbocycles. The quantitative estimate of drug-likeness (QED) is 0.305. The molecule has 0 bridgehead atoms. The van der Waals surface area contributed by atoms with Gasteiger partial charge in [0.15, 0.2) is 0 Å². The first kappa shape index (κ1) is 17.1. The number of rotatable bonds is 7. The standard InChI is InChI=1S/C14H20O5/c1-9(2)7-18-12(16)11(15)14(5,6)13(17)19-8-10(3)4/h1,3,7-8H2,2,4-6H3. The van der Waals surface area contributed by atoms with Gasteiger partial charge >= 0.3 is 11.9 Å². The van der Waals surface area contributed by atoms with Crippen LogP contribution in [0.1, 0.15) is 27.7 Å². The van der Waals surface area contributed by atoms with Crippen LogP contribution in [0.4, 0.5) is 0 Å². The van der Waals surface area contributed by atoms with Crippen LogP contribution in [-0.2, 0) is 23.9 Å². The van der Waals surface area contributed by atoms with E-state index in [1.54, 1.807) is 13.8 Å². The van der Waals surface area contributed by atoms with Crippen molar-refractivity contribution in [3.8, 4) is 0 Å². The van der Waals surface area contributed by atoms with Crippen LogP contribution in [0.3, 0.4) is 0 Å². The molecule has 5 heteroatoms. The van der Waals surface area contributed by atoms with Crippen LogP contribution >= 0.6 is 0 Å². The molecule has 0 spiro atoms. The van der Waals surface area contributed by atoms with Crippen LogP contribution in [-0.4, -0.2) is 30.9 Å². The SMILES string of the molecule is C=C(C)COC(=O)C(=O)C(C)(C)C(=O)OCC(=C)C. The zero-order valence-electron chi connectivity index (χ0n) is 11.9. The Hall–Kier alpha value is -1.91. The molecule has 0 N–H and O–H groups in total. The van der Waals surface area contributed by atoms with E-state index >= 15 is 0 Å². The van der Waals surface area contributed by atoms with E-state index in [2.05, 4.69) is 13.2 Å². The summed E-state index contributed by atoms with van der Waals surface area (Å²) in [7, 11) is 0. The summed E-state index contributed by atoms with van der Waals surface area (Å²) in [6.45, 7) is 13.0. The van der Waals surface area contributed by atoms with Crippen molar-refractivity contribution in [2.24, 2.45) is 5.41 Å². The normalized spacial score (nSPS) is 10.5. The maximum absolute atomic E-state index is 11.8. The Balaban J connectivity index is 4.65. The van der Waals surface area contributed by atoms with Gasteiger partial charge in [-0.05, 0) is 38.8 Å². The zero-order valence-corrected chi connectivity index (χ0v) is 11.9. The average Bonchev–Trinajstić information content (AvgIpc) is 2.31. The summed E-state index contributed by atoms with van der Waals surface area (Å²) in [4.78, 5) is 35.1. The van der Waals surface area contributed by atoms with Crippen molar-refractivity contribution in [1.29, 1.82) is 0 Å². The molecule has 0 saturated heterocycles. The summed E-state index contributed by atoms with van der Waals surface area (Å²) < 4.78 is 9.59. The van der Waals surface area contributed by atoms with Gasteiger partial charge < -0.3 is 9.47 Å². The minimum absolute atomic E-state index is 0.0103. The van der Waals surface area contributed by atoms with E-state index in [0.29, 0.717) is 11.1 Å². The number of hydrogen-bond acceptors (Lipinski definition) is 5. The number of ketones is 1. The predicted octanol–water partition coefficient (Wildman–Crippen LogP) is 1.82. The molecule has 0 atom stereocenters. The van der Waals surface area contributed by atoms with E-state index in [0.717, 1.165) is 0 Å². The Morgan fingerprint density at radius 3 is 1.79 bits per heavy atom. The Labute approximate surface area is 113 Å². The van der Waals surface area contributed by atoms with Crippen molar-refractivity contribution in [2.45, 2.75) is 27.7 Å². The van der Waals surface area contributed by atoms with Crippen LogP contribution in [0, 0.1) is 5.41 Å². The summed E-state index contributed by atoms with van der Waals surface area (Å²) in [6, 6.07) is 0. The van der Waals surface area contributed by atoms with Gasteiger partial charge in [-0.1, -0.05) is 13.2 Å². The monoisotopic (exact) mass is 268 g/mol. The first-order valence-corrected chi connectivity index (χ1v) is 5.76. The van der Waals surface area contributed by atoms with E-state index in [4.69, 9.17) is 9.47 Å². The number of carbonyl (C=O) groups is 3. The summed E-state index contributed by atoms with van der Waals surface area (Å²) >= 11 is 0. The average molecular weight is 268 g/mol. The topological polar surface area (TPSA) is 69.7 Å². The van der Waals surface area contributed by atoms with Crippen molar-refractivity contribution >= 4 is 17.7 Å². The van der Waals surface area contributed by atoms with E-state index < -0.39 is 23.1 Å². The van der Waals surface area contributed by atoms with Crippen molar-refractivity contribution in [3.05, 3.63) is 24.3 Å². The lowest BCUT2D eigenvalue weighted by Gasteiger charge is -2.20. The molecule has 0 aliphatic rings. The highest BCUT2D eigenvalue weighted by molar-refractivity contribution is 6.39. The molecule has 0 aromatic carbocycles. The fourth-order valence-electron chi connectivity index (χ4n) is 0.971. The first-order valence-electron chi connectivity index (χ1n) is 5.76. The maximum atomic E-state index is 11.8. The predicted molar refractivity (Wildman–Crippen MR) is 70.3 cm³/mol. The van der Waals surface area contributed by atoms with Gasteiger partial charge in [0.05, 0.1) is 0 Å². The van der Waals surface area contributed by atoms with Crippen LogP contribution in [0.2, 0.25) is 0 Å². The molecule has 19 heavy (non-hydrogen) atoms. The van der Waals surface area contributed by atoms with Crippen LogP contribution < -0.4 is 0 Å². The molecule has 0 unspecified atom stereocenters. The van der Waals surface area contributed by atoms with E-state index in [-0.39, 0.29) is 13.2 Å². The van der Waals surface area contributed by atoms with Gasteiger partial charge in [0.25, 0.3) is 5.78 Å². The maximum Gasteiger partial charge on any atom is 0.376 e. The van der Waals surface area contributed by atoms with Crippen LogP contribution in [0.15, 0.2) is 24.3 Å². The number of esters is 2. The zero-order chi connectivity index (χ0) is 15.2. The molecule has 106 valence electrons. The van der Waals surface area contributed by atoms with Gasteiger partial charge in [0.1, 0.15) is 18.6 Å². The minimum atomic E-state index is -1.58. The summed E-state index contributed by atoms with van der Waals surface area (Å²) in [5, 5.41) is 0. The first-order chi connectivity index (χ1) is 8.59. The van der Waals surface area contributed by atoms with Gasteiger partial charge in [-0.2, -0.15) is 0 Å². The molecule has 0 radical (unpaired) electrons. The van der Waals surface area contributed by atoms with Crippen molar-refractivity contribution < 1.29 is 23.9 Å². The lowest BCUT2D eigenvalue weighted by atomic mass is 9.88. The van der Waals surface area contributed by atoms with Crippen LogP contribution in [0.25, 0.3) is 0 Å². The molecule has 0 fully saturated rings. The van der Waals surface area contributed by atoms with Gasteiger partial charge in [0, 0.05) is 0 Å². The minimum Gasteiger partial charge on any atom is -0.460 e. The fourth-order valence-corrected chi connectivity index (χ4v) is 0.971. The molecule has 0 amide bonds. The lowest BCUT2D eigenvalue weighted by molar-refractivity contribution is -0.166. The summed E-state index contributed by atoms with van der Waals surface area (Å²) in [5.74, 6) is -2.80. The second-order valence-electron chi connectivity index (χ2n) is 5.02. The third kappa shape index (κ3) is 5.50. The highest BCUT2D eigenvalue weighted by Crippen LogP contribution is 2.20. The third-order valence-corrected chi connectivity index (χ3v) is 2.16. The highest BCUT2D eigenvalue weighted by atomic mass is 16.5. The van der Waals surface area contributed by atoms with Crippen LogP contribution in [0.5, 0.6) is 0 Å². The Kier molecular flexibility index (Phi) is 6.18. The molecular weight excluding hydrogens is 248 g/mol. The Morgan fingerprint density at radius 2 is 1.37 bits per heavy atom. The molecule has 0 rings (SSSR count). The largest absolute Gasteiger partial charge is 0.460 e. The Bertz CT molecular complexity index is 418. The number of Topliss-reactive ketones (excluding diaryl/α,β-unsaturated/α-hetero) is 1. The van der Waals surface area contributed by atoms with Crippen molar-refractivity contribution in [1.82, 2.24) is 0 Å². The smallest absolute Gasteiger partial charge is 0.376 e. The molecule has 0 aliphatic carbocycles. The van der Waals surface area contributed by atoms with E-state index in [9.17, 15) is 14.4 Å². The van der Waals surface area contributed by atoms with E-state index in [1.165, 1.54) is 13.8 Å². The molecule has 0 aromatic rings. The van der Waals surface area contributed by atoms with Crippen molar-refractivity contribution in [2.75, 3.05) is 13.2 Å². The number of carbonyl (C=O) groups excluding carboxylic acids is 3. The summed E-state index contributed by atoms with van der Waals surface area (Å²) in [6.07, 6.45) is 0. The lowest BCUT2D eigenvalue weighted by Crippen LogP contribution is -2.40. The van der Waals surface area contributed by atoms with E-state index in [1.807, 2.05) is 0 Å². The van der Waals surface area contributed by atoms with Crippen molar-refractivity contribution in [3.63, 3.8) is 0 Å².